The Kier molecular flexibility index (Phi) is 7.64. The van der Waals surface area contributed by atoms with Crippen LogP contribution in [-0.2, 0) is 16.0 Å². The molecular formula is C13H23N5O2S. The molecule has 118 valence electrons. The minimum atomic E-state index is -0.357. The first-order valence-electron chi connectivity index (χ1n) is 6.88. The van der Waals surface area contributed by atoms with Crippen molar-refractivity contribution in [2.45, 2.75) is 51.1 Å². The van der Waals surface area contributed by atoms with Gasteiger partial charge >= 0.3 is 0 Å². The minimum absolute atomic E-state index is 0.240. The molecule has 0 N–H and O–H groups in total. The van der Waals surface area contributed by atoms with Gasteiger partial charge in [0.2, 0.25) is 5.16 Å². The lowest BCUT2D eigenvalue weighted by Crippen LogP contribution is -2.21. The standard InChI is InChI=1S/C13H23N5O2S/c1-13(2,10-14)7-5-6-8-21-12-15-16-17-18(12)9-11(19-3)20-4/h11H,5-9H2,1-4H3. The van der Waals surface area contributed by atoms with Crippen molar-refractivity contribution in [3.63, 3.8) is 0 Å². The number of hydrogen-bond donors (Lipinski definition) is 0. The van der Waals surface area contributed by atoms with Crippen LogP contribution in [0.2, 0.25) is 0 Å². The van der Waals surface area contributed by atoms with Gasteiger partial charge in [-0.1, -0.05) is 18.2 Å². The lowest BCUT2D eigenvalue weighted by molar-refractivity contribution is -0.113. The van der Waals surface area contributed by atoms with Crippen LogP contribution in [0.4, 0.5) is 0 Å². The van der Waals surface area contributed by atoms with E-state index in [4.69, 9.17) is 14.7 Å². The summed E-state index contributed by atoms with van der Waals surface area (Å²) in [6.07, 6.45) is 2.60. The smallest absolute Gasteiger partial charge is 0.209 e. The highest BCUT2D eigenvalue weighted by Crippen LogP contribution is 2.23. The molecule has 0 aliphatic heterocycles. The largest absolute Gasteiger partial charge is 0.354 e. The molecule has 0 aliphatic carbocycles. The molecule has 0 bridgehead atoms. The average molecular weight is 313 g/mol. The molecule has 7 nitrogen and oxygen atoms in total. The number of unbranched alkanes of at least 4 members (excludes halogenated alkanes) is 1. The Morgan fingerprint density at radius 3 is 2.67 bits per heavy atom. The number of ether oxygens (including phenoxy) is 2. The zero-order valence-electron chi connectivity index (χ0n) is 13.1. The van der Waals surface area contributed by atoms with Crippen LogP contribution < -0.4 is 0 Å². The molecule has 0 aromatic carbocycles. The average Bonchev–Trinajstić information content (AvgIpc) is 2.91. The molecule has 0 atom stereocenters. The highest BCUT2D eigenvalue weighted by molar-refractivity contribution is 7.99. The molecule has 8 heteroatoms. The number of aromatic nitrogens is 4. The summed E-state index contributed by atoms with van der Waals surface area (Å²) in [5.74, 6) is 0.923. The van der Waals surface area contributed by atoms with Crippen LogP contribution in [-0.4, -0.2) is 46.5 Å². The van der Waals surface area contributed by atoms with Crippen LogP contribution in [0.15, 0.2) is 5.16 Å². The van der Waals surface area contributed by atoms with Crippen molar-refractivity contribution in [2.24, 2.45) is 5.41 Å². The first-order chi connectivity index (χ1) is 10.0. The molecule has 1 aromatic heterocycles. The monoisotopic (exact) mass is 313 g/mol. The van der Waals surface area contributed by atoms with Crippen molar-refractivity contribution < 1.29 is 9.47 Å². The van der Waals surface area contributed by atoms with Gasteiger partial charge in [0.25, 0.3) is 0 Å². The van der Waals surface area contributed by atoms with Crippen molar-refractivity contribution >= 4 is 11.8 Å². The highest BCUT2D eigenvalue weighted by Gasteiger charge is 2.16. The van der Waals surface area contributed by atoms with Gasteiger partial charge in [-0.05, 0) is 37.1 Å². The van der Waals surface area contributed by atoms with E-state index in [9.17, 15) is 0 Å². The molecule has 0 saturated carbocycles. The van der Waals surface area contributed by atoms with Crippen molar-refractivity contribution in [2.75, 3.05) is 20.0 Å². The predicted molar refractivity (Wildman–Crippen MR) is 79.6 cm³/mol. The van der Waals surface area contributed by atoms with Gasteiger partial charge in [0.05, 0.1) is 18.0 Å². The van der Waals surface area contributed by atoms with Crippen molar-refractivity contribution in [1.29, 1.82) is 5.26 Å². The van der Waals surface area contributed by atoms with E-state index in [1.54, 1.807) is 30.7 Å². The normalized spacial score (nSPS) is 11.8. The third kappa shape index (κ3) is 6.42. The second-order valence-corrected chi connectivity index (χ2v) is 6.41. The van der Waals surface area contributed by atoms with Gasteiger partial charge in [-0.2, -0.15) is 5.26 Å². The molecule has 0 aliphatic rings. The van der Waals surface area contributed by atoms with Crippen LogP contribution in [0.3, 0.4) is 0 Å². The van der Waals surface area contributed by atoms with Gasteiger partial charge in [-0.25, -0.2) is 4.68 Å². The maximum atomic E-state index is 8.96. The highest BCUT2D eigenvalue weighted by atomic mass is 32.2. The minimum Gasteiger partial charge on any atom is -0.354 e. The molecular weight excluding hydrogens is 290 g/mol. The molecule has 1 aromatic rings. The SMILES string of the molecule is COC(Cn1nnnc1SCCCCC(C)(C)C#N)OC. The second-order valence-electron chi connectivity index (χ2n) is 5.35. The predicted octanol–water partition coefficient (Wildman–Crippen LogP) is 2.10. The summed E-state index contributed by atoms with van der Waals surface area (Å²) in [5, 5.41) is 21.3. The van der Waals surface area contributed by atoms with E-state index in [0.717, 1.165) is 30.2 Å². The summed E-state index contributed by atoms with van der Waals surface area (Å²) in [5.41, 5.74) is -0.240. The Labute approximate surface area is 130 Å². The third-order valence-corrected chi connectivity index (χ3v) is 4.12. The maximum Gasteiger partial charge on any atom is 0.209 e. The van der Waals surface area contributed by atoms with Gasteiger partial charge in [0, 0.05) is 20.0 Å². The van der Waals surface area contributed by atoms with Gasteiger partial charge < -0.3 is 9.47 Å². The number of nitrogens with zero attached hydrogens (tertiary/aromatic N) is 5. The molecule has 0 amide bonds. The van der Waals surface area contributed by atoms with E-state index in [1.807, 2.05) is 13.8 Å². The van der Waals surface area contributed by atoms with Crippen molar-refractivity contribution in [3.05, 3.63) is 0 Å². The fraction of sp³-hybridized carbons (Fsp3) is 0.846. The molecule has 0 unspecified atom stereocenters. The Morgan fingerprint density at radius 1 is 1.33 bits per heavy atom. The number of methoxy groups -OCH3 is 2. The van der Waals surface area contributed by atoms with Crippen LogP contribution in [0.1, 0.15) is 33.1 Å². The first kappa shape index (κ1) is 17.9. The molecule has 21 heavy (non-hydrogen) atoms. The summed E-state index contributed by atoms with van der Waals surface area (Å²) < 4.78 is 12.0. The summed E-state index contributed by atoms with van der Waals surface area (Å²) in [6.45, 7) is 4.40. The van der Waals surface area contributed by atoms with E-state index in [2.05, 4.69) is 21.6 Å². The van der Waals surface area contributed by atoms with Crippen LogP contribution in [0, 0.1) is 16.7 Å². The number of thioether (sulfide) groups is 1. The van der Waals surface area contributed by atoms with Crippen molar-refractivity contribution in [1.82, 2.24) is 20.2 Å². The lowest BCUT2D eigenvalue weighted by Gasteiger charge is -2.14. The Hall–Kier alpha value is -1.17. The summed E-state index contributed by atoms with van der Waals surface area (Å²) in [4.78, 5) is 0. The summed E-state index contributed by atoms with van der Waals surface area (Å²) in [7, 11) is 3.17. The zero-order chi connectivity index (χ0) is 15.7. The third-order valence-electron chi connectivity index (χ3n) is 3.08. The van der Waals surface area contributed by atoms with Gasteiger partial charge in [-0.3, -0.25) is 0 Å². The Bertz CT molecular complexity index is 454. The number of tetrazole rings is 1. The molecule has 1 heterocycles. The molecule has 0 saturated heterocycles. The lowest BCUT2D eigenvalue weighted by atomic mass is 9.89. The Morgan fingerprint density at radius 2 is 2.05 bits per heavy atom. The molecule has 0 radical (unpaired) electrons. The molecule has 0 fully saturated rings. The first-order valence-corrected chi connectivity index (χ1v) is 7.87. The van der Waals surface area contributed by atoms with E-state index < -0.39 is 0 Å². The van der Waals surface area contributed by atoms with E-state index in [1.165, 1.54) is 0 Å². The second kappa shape index (κ2) is 8.97. The number of nitriles is 1. The van der Waals surface area contributed by atoms with E-state index in [0.29, 0.717) is 6.54 Å². The van der Waals surface area contributed by atoms with Gasteiger partial charge in [-0.15, -0.1) is 5.10 Å². The Balaban J connectivity index is 2.33. The maximum absolute atomic E-state index is 8.96. The van der Waals surface area contributed by atoms with Crippen LogP contribution in [0.25, 0.3) is 0 Å². The number of rotatable bonds is 10. The van der Waals surface area contributed by atoms with Crippen molar-refractivity contribution in [3.8, 4) is 6.07 Å². The molecule has 0 spiro atoms. The fourth-order valence-corrected chi connectivity index (χ4v) is 2.57. The molecule has 1 rings (SSSR count). The summed E-state index contributed by atoms with van der Waals surface area (Å²) in [6, 6.07) is 2.32. The van der Waals surface area contributed by atoms with Gasteiger partial charge in [0.1, 0.15) is 0 Å². The van der Waals surface area contributed by atoms with E-state index >= 15 is 0 Å². The van der Waals surface area contributed by atoms with E-state index in [-0.39, 0.29) is 11.7 Å². The quantitative estimate of drug-likeness (QED) is 0.371. The summed E-state index contributed by atoms with van der Waals surface area (Å²) >= 11 is 1.61. The van der Waals surface area contributed by atoms with Crippen LogP contribution in [0.5, 0.6) is 0 Å². The fourth-order valence-electron chi connectivity index (χ4n) is 1.69. The zero-order valence-corrected chi connectivity index (χ0v) is 13.9. The van der Waals surface area contributed by atoms with Crippen LogP contribution >= 0.6 is 11.8 Å². The number of hydrogen-bond acceptors (Lipinski definition) is 7. The van der Waals surface area contributed by atoms with Gasteiger partial charge in [0.15, 0.2) is 6.29 Å². The topological polar surface area (TPSA) is 85.9 Å².